The largest absolute Gasteiger partial charge is 0.505 e. The molecule has 8 rings (SSSR count). The lowest BCUT2D eigenvalue weighted by Crippen LogP contribution is -2.17. The smallest absolute Gasteiger partial charge is 0.259 e. The third-order valence-electron chi connectivity index (χ3n) is 9.75. The quantitative estimate of drug-likeness (QED) is 0.112. The summed E-state index contributed by atoms with van der Waals surface area (Å²) in [5, 5.41) is 48.0. The summed E-state index contributed by atoms with van der Waals surface area (Å²) < 4.78 is 0. The van der Waals surface area contributed by atoms with Crippen molar-refractivity contribution < 1.29 is 24.6 Å². The van der Waals surface area contributed by atoms with E-state index in [4.69, 9.17) is 23.2 Å². The highest BCUT2D eigenvalue weighted by Crippen LogP contribution is 2.42. The van der Waals surface area contributed by atoms with Crippen LogP contribution in [0.4, 0.5) is 28.4 Å². The Hall–Kier alpha value is -7.73. The number of benzene rings is 6. The monoisotopic (exact) mass is 842 g/mol. The molecule has 0 fully saturated rings. The maximum Gasteiger partial charge on any atom is 0.259 e. The molecule has 0 bridgehead atoms. The zero-order valence-electron chi connectivity index (χ0n) is 31.9. The summed E-state index contributed by atoms with van der Waals surface area (Å²) >= 11 is 12.0. The van der Waals surface area contributed by atoms with Crippen LogP contribution in [0.3, 0.4) is 0 Å². The van der Waals surface area contributed by atoms with Crippen LogP contribution in [-0.2, 0) is 4.79 Å². The third kappa shape index (κ3) is 8.69. The molecule has 11 nitrogen and oxygen atoms in total. The van der Waals surface area contributed by atoms with Crippen LogP contribution in [0.2, 0.25) is 10.0 Å². The molecule has 4 N–H and O–H groups in total. The van der Waals surface area contributed by atoms with E-state index in [0.717, 1.165) is 0 Å². The van der Waals surface area contributed by atoms with E-state index < -0.39 is 17.6 Å². The van der Waals surface area contributed by atoms with Crippen molar-refractivity contribution >= 4 is 80.0 Å². The highest BCUT2D eigenvalue weighted by atomic mass is 35.5. The van der Waals surface area contributed by atoms with Crippen LogP contribution in [-0.4, -0.2) is 27.8 Å². The molecule has 61 heavy (non-hydrogen) atoms. The van der Waals surface area contributed by atoms with E-state index in [1.165, 1.54) is 6.08 Å². The number of hydrogen-bond acceptors (Lipinski definition) is 9. The first-order chi connectivity index (χ1) is 29.5. The molecule has 0 unspecified atom stereocenters. The van der Waals surface area contributed by atoms with Gasteiger partial charge in [0.25, 0.3) is 11.8 Å². The standard InChI is InChI=1S/C48H32Cl2N6O5/c1-27-7-3-2-4-10-42(45(58)40(23-27)47(60)51-31-15-11-29(49)12-16-31)55-53-33-19-21-36-37-22-20-34(26-39(37)44(57)38(36)25-33)54-56-43-35-9-6-5-8-28(35)24-41(46(43)59)48(61)52-32-17-13-30(50)14-18-32/h2-9,11-26,58-59H,1,10H2,(H,51,60)(H,52,61)/b4-2-,7-3-,40-23+,45-42-,55-53?,56-54?. The topological polar surface area (TPSA) is 165 Å². The summed E-state index contributed by atoms with van der Waals surface area (Å²) in [6, 6.07) is 32.0. The van der Waals surface area contributed by atoms with Gasteiger partial charge < -0.3 is 20.8 Å². The minimum absolute atomic E-state index is 0.00166. The zero-order valence-corrected chi connectivity index (χ0v) is 33.4. The van der Waals surface area contributed by atoms with E-state index in [-0.39, 0.29) is 40.5 Å². The number of fused-ring (bicyclic) bond motifs is 4. The first kappa shape index (κ1) is 40.1. The molecule has 6 aromatic rings. The van der Waals surface area contributed by atoms with E-state index >= 15 is 0 Å². The molecule has 13 heteroatoms. The second-order valence-corrected chi connectivity index (χ2v) is 14.7. The minimum Gasteiger partial charge on any atom is -0.505 e. The number of phenolic OH excluding ortho intramolecular Hbond substituents is 1. The molecule has 0 atom stereocenters. The zero-order chi connectivity index (χ0) is 42.6. The predicted octanol–water partition coefficient (Wildman–Crippen LogP) is 13.2. The van der Waals surface area contributed by atoms with Crippen LogP contribution < -0.4 is 10.6 Å². The molecule has 0 heterocycles. The Kier molecular flexibility index (Phi) is 11.3. The molecule has 0 saturated carbocycles. The van der Waals surface area contributed by atoms with Gasteiger partial charge in [-0.2, -0.15) is 15.3 Å². The number of anilines is 2. The van der Waals surface area contributed by atoms with Gasteiger partial charge >= 0.3 is 0 Å². The molecule has 0 aliphatic heterocycles. The Morgan fingerprint density at radius 3 is 1.89 bits per heavy atom. The summed E-state index contributed by atoms with van der Waals surface area (Å²) in [4.78, 5) is 40.6. The van der Waals surface area contributed by atoms with Crippen molar-refractivity contribution in [2.24, 2.45) is 20.5 Å². The number of carbonyl (C=O) groups excluding carboxylic acids is 3. The molecule has 0 spiro atoms. The van der Waals surface area contributed by atoms with Crippen molar-refractivity contribution in [3.8, 4) is 16.9 Å². The number of phenols is 1. The van der Waals surface area contributed by atoms with E-state index in [2.05, 4.69) is 37.7 Å². The van der Waals surface area contributed by atoms with Crippen LogP contribution in [0, 0.1) is 0 Å². The number of aliphatic hydroxyl groups is 1. The molecule has 6 aromatic carbocycles. The second kappa shape index (κ2) is 17.2. The molecular formula is C48H32Cl2N6O5. The Labute approximate surface area is 359 Å². The van der Waals surface area contributed by atoms with Gasteiger partial charge in [-0.3, -0.25) is 14.4 Å². The van der Waals surface area contributed by atoms with Gasteiger partial charge in [-0.1, -0.05) is 90.5 Å². The Bertz CT molecular complexity index is 3000. The summed E-state index contributed by atoms with van der Waals surface area (Å²) in [6.07, 6.45) is 8.58. The van der Waals surface area contributed by atoms with Gasteiger partial charge in [0.1, 0.15) is 11.4 Å². The Morgan fingerprint density at radius 2 is 1.25 bits per heavy atom. The Morgan fingerprint density at radius 1 is 0.656 bits per heavy atom. The van der Waals surface area contributed by atoms with Crippen LogP contribution in [0.1, 0.15) is 32.7 Å². The number of hydrogen-bond donors (Lipinski definition) is 4. The fourth-order valence-electron chi connectivity index (χ4n) is 6.71. The fourth-order valence-corrected chi connectivity index (χ4v) is 6.96. The van der Waals surface area contributed by atoms with E-state index in [9.17, 15) is 24.6 Å². The van der Waals surface area contributed by atoms with Gasteiger partial charge in [-0.25, -0.2) is 0 Å². The van der Waals surface area contributed by atoms with Crippen LogP contribution in [0.5, 0.6) is 5.75 Å². The number of allylic oxidation sites excluding steroid dienone is 6. The van der Waals surface area contributed by atoms with Crippen LogP contribution in [0.15, 0.2) is 195 Å². The molecule has 2 aliphatic carbocycles. The summed E-state index contributed by atoms with van der Waals surface area (Å²) in [6.45, 7) is 3.96. The van der Waals surface area contributed by atoms with Crippen LogP contribution in [0.25, 0.3) is 21.9 Å². The van der Waals surface area contributed by atoms with E-state index in [1.807, 2.05) is 6.07 Å². The first-order valence-corrected chi connectivity index (χ1v) is 19.5. The lowest BCUT2D eigenvalue weighted by atomic mass is 10.0. The minimum atomic E-state index is -0.595. The van der Waals surface area contributed by atoms with Gasteiger partial charge in [0, 0.05) is 44.4 Å². The molecule has 2 amide bonds. The van der Waals surface area contributed by atoms with E-state index in [1.54, 1.807) is 133 Å². The molecule has 298 valence electrons. The van der Waals surface area contributed by atoms with Crippen molar-refractivity contribution in [3.63, 3.8) is 0 Å². The van der Waals surface area contributed by atoms with Crippen molar-refractivity contribution in [3.05, 3.63) is 202 Å². The Balaban J connectivity index is 1.05. The molecule has 0 aromatic heterocycles. The summed E-state index contributed by atoms with van der Waals surface area (Å²) in [5.41, 5.74) is 4.37. The fraction of sp³-hybridized carbons (Fsp3) is 0.0208. The van der Waals surface area contributed by atoms with Crippen molar-refractivity contribution in [1.29, 1.82) is 0 Å². The molecule has 0 radical (unpaired) electrons. The van der Waals surface area contributed by atoms with Crippen LogP contribution >= 0.6 is 23.2 Å². The highest BCUT2D eigenvalue weighted by Gasteiger charge is 2.28. The maximum atomic E-state index is 13.8. The highest BCUT2D eigenvalue weighted by molar-refractivity contribution is 6.31. The summed E-state index contributed by atoms with van der Waals surface area (Å²) in [5.74, 6) is -2.17. The lowest BCUT2D eigenvalue weighted by molar-refractivity contribution is -0.112. The number of amides is 2. The molecular weight excluding hydrogens is 811 g/mol. The number of aliphatic hydroxyl groups excluding tert-OH is 1. The molecule has 0 saturated heterocycles. The number of nitrogens with one attached hydrogen (secondary N) is 2. The third-order valence-corrected chi connectivity index (χ3v) is 10.3. The van der Waals surface area contributed by atoms with Gasteiger partial charge in [-0.15, -0.1) is 5.11 Å². The van der Waals surface area contributed by atoms with Crippen molar-refractivity contribution in [1.82, 2.24) is 0 Å². The number of ketones is 1. The van der Waals surface area contributed by atoms with Gasteiger partial charge in [0.15, 0.2) is 17.3 Å². The first-order valence-electron chi connectivity index (χ1n) is 18.7. The number of carbonyl (C=O) groups is 3. The van der Waals surface area contributed by atoms with Crippen molar-refractivity contribution in [2.45, 2.75) is 6.42 Å². The summed E-state index contributed by atoms with van der Waals surface area (Å²) in [7, 11) is 0. The number of rotatable bonds is 8. The van der Waals surface area contributed by atoms with Gasteiger partial charge in [-0.05, 0) is 107 Å². The van der Waals surface area contributed by atoms with Gasteiger partial charge in [0.2, 0.25) is 0 Å². The van der Waals surface area contributed by atoms with Gasteiger partial charge in [0.05, 0.1) is 22.5 Å². The van der Waals surface area contributed by atoms with E-state index in [0.29, 0.717) is 71.4 Å². The van der Waals surface area contributed by atoms with Crippen molar-refractivity contribution in [2.75, 3.05) is 10.6 Å². The number of azo groups is 2. The average molecular weight is 844 g/mol. The number of nitrogens with zero attached hydrogens (tertiary/aromatic N) is 4. The number of aromatic hydroxyl groups is 1. The maximum absolute atomic E-state index is 13.8. The lowest BCUT2D eigenvalue weighted by Gasteiger charge is -2.11. The SMILES string of the molecule is C=C1/C=C\C=C/C/C(N=Nc2ccc3c(c2)C(=O)c2cc(N=Nc4c(O)c(C(=O)Nc5ccc(Cl)cc5)cc5ccccc45)ccc2-3)=C(O)\C(C(=O)Nc2ccc(Cl)cc2)=C/1. The normalized spacial score (nSPS) is 16.9. The average Bonchev–Trinajstić information content (AvgIpc) is 3.54. The number of halogens is 2. The predicted molar refractivity (Wildman–Crippen MR) is 239 cm³/mol. The molecule has 2 aliphatic rings. The second-order valence-electron chi connectivity index (χ2n) is 13.9.